The molecule has 0 saturated heterocycles. The fraction of sp³-hybridized carbons (Fsp3) is 0.200. The first-order valence-electron chi connectivity index (χ1n) is 4.80. The Balaban J connectivity index is 2.91. The van der Waals surface area contributed by atoms with E-state index in [2.05, 4.69) is 25.7 Å². The van der Waals surface area contributed by atoms with Crippen molar-refractivity contribution in [3.8, 4) is 0 Å². The number of methoxy groups -OCH3 is 1. The van der Waals surface area contributed by atoms with E-state index in [4.69, 9.17) is 0 Å². The molecule has 0 N–H and O–H groups in total. The number of hydrogen-bond acceptors (Lipinski definition) is 5. The molecule has 0 aromatic carbocycles. The van der Waals surface area contributed by atoms with E-state index >= 15 is 0 Å². The smallest absolute Gasteiger partial charge is 0.358 e. The maximum absolute atomic E-state index is 11.7. The van der Waals surface area contributed by atoms with Gasteiger partial charge in [-0.2, -0.15) is 0 Å². The van der Waals surface area contributed by atoms with Gasteiger partial charge in [0, 0.05) is 16.9 Å². The largest absolute Gasteiger partial charge is 0.464 e. The van der Waals surface area contributed by atoms with Crippen LogP contribution in [0.15, 0.2) is 27.8 Å². The zero-order chi connectivity index (χ0) is 13.5. The normalized spacial score (nSPS) is 11.7. The number of pyridine rings is 1. The van der Waals surface area contributed by atoms with Crippen molar-refractivity contribution in [3.63, 3.8) is 0 Å². The van der Waals surface area contributed by atoms with Gasteiger partial charge in [-0.1, -0.05) is 0 Å². The maximum Gasteiger partial charge on any atom is 0.358 e. The number of carbonyl (C=O) groups is 1. The highest BCUT2D eigenvalue weighted by Gasteiger charge is 2.26. The molecular formula is C10H9BrN2O4S. The van der Waals surface area contributed by atoms with E-state index in [1.54, 1.807) is 18.3 Å². The maximum atomic E-state index is 11.7. The average Bonchev–Trinajstić information content (AvgIpc) is 2.66. The van der Waals surface area contributed by atoms with Gasteiger partial charge in [0.1, 0.15) is 5.65 Å². The van der Waals surface area contributed by atoms with E-state index in [0.29, 0.717) is 10.1 Å². The Hall–Kier alpha value is -1.41. The van der Waals surface area contributed by atoms with E-state index in [-0.39, 0.29) is 10.7 Å². The summed E-state index contributed by atoms with van der Waals surface area (Å²) < 4.78 is 29.9. The molecule has 2 rings (SSSR count). The van der Waals surface area contributed by atoms with Gasteiger partial charge in [0.15, 0.2) is 20.6 Å². The standard InChI is InChI=1S/C10H9BrN2O4S/c1-17-10(14)8-9(18(2,15)16)12-7-4-3-6(11)5-13(7)8/h3-5H,1-2H3. The van der Waals surface area contributed by atoms with E-state index in [0.717, 1.165) is 6.26 Å². The molecule has 0 saturated carbocycles. The summed E-state index contributed by atoms with van der Waals surface area (Å²) in [5.74, 6) is -0.749. The van der Waals surface area contributed by atoms with E-state index in [1.807, 2.05) is 0 Å². The van der Waals surface area contributed by atoms with Gasteiger partial charge in [0.2, 0.25) is 0 Å². The molecule has 0 aliphatic carbocycles. The van der Waals surface area contributed by atoms with Crippen molar-refractivity contribution in [2.45, 2.75) is 5.03 Å². The minimum atomic E-state index is -3.61. The number of sulfone groups is 1. The lowest BCUT2D eigenvalue weighted by Gasteiger charge is -2.01. The first-order chi connectivity index (χ1) is 8.34. The van der Waals surface area contributed by atoms with Gasteiger partial charge in [-0.05, 0) is 28.1 Å². The predicted octanol–water partition coefficient (Wildman–Crippen LogP) is 1.29. The quantitative estimate of drug-likeness (QED) is 0.774. The van der Waals surface area contributed by atoms with Crippen molar-refractivity contribution in [2.24, 2.45) is 0 Å². The van der Waals surface area contributed by atoms with Crippen molar-refractivity contribution >= 4 is 37.4 Å². The number of ether oxygens (including phenoxy) is 1. The van der Waals surface area contributed by atoms with Gasteiger partial charge in [-0.3, -0.25) is 4.40 Å². The van der Waals surface area contributed by atoms with Gasteiger partial charge in [0.05, 0.1) is 7.11 Å². The van der Waals surface area contributed by atoms with Crippen LogP contribution in [0.3, 0.4) is 0 Å². The van der Waals surface area contributed by atoms with Gasteiger partial charge >= 0.3 is 5.97 Å². The Kier molecular flexibility index (Phi) is 3.16. The molecular weight excluding hydrogens is 324 g/mol. The summed E-state index contributed by atoms with van der Waals surface area (Å²) in [7, 11) is -2.43. The van der Waals surface area contributed by atoms with Crippen LogP contribution in [0.1, 0.15) is 10.5 Å². The number of nitrogens with zero attached hydrogens (tertiary/aromatic N) is 2. The minimum absolute atomic E-state index is 0.101. The van der Waals surface area contributed by atoms with Crippen LogP contribution in [-0.2, 0) is 14.6 Å². The SMILES string of the molecule is COC(=O)c1c(S(C)(=O)=O)nc2ccc(Br)cn12. The minimum Gasteiger partial charge on any atom is -0.464 e. The molecule has 0 spiro atoms. The summed E-state index contributed by atoms with van der Waals surface area (Å²) in [6.45, 7) is 0. The topological polar surface area (TPSA) is 77.7 Å². The molecule has 6 nitrogen and oxygen atoms in total. The van der Waals surface area contributed by atoms with Crippen molar-refractivity contribution < 1.29 is 17.9 Å². The van der Waals surface area contributed by atoms with Crippen LogP contribution in [0.5, 0.6) is 0 Å². The Labute approximate surface area is 112 Å². The zero-order valence-electron chi connectivity index (χ0n) is 9.55. The third kappa shape index (κ3) is 2.13. The molecule has 0 fully saturated rings. The van der Waals surface area contributed by atoms with Crippen LogP contribution in [0.25, 0.3) is 5.65 Å². The molecule has 2 aromatic heterocycles. The molecule has 0 radical (unpaired) electrons. The third-order valence-electron chi connectivity index (χ3n) is 2.28. The molecule has 2 aromatic rings. The number of fused-ring (bicyclic) bond motifs is 1. The summed E-state index contributed by atoms with van der Waals surface area (Å²) in [5.41, 5.74) is 0.260. The van der Waals surface area contributed by atoms with Crippen molar-refractivity contribution in [3.05, 3.63) is 28.5 Å². The number of carbonyl (C=O) groups excluding carboxylic acids is 1. The molecule has 8 heteroatoms. The second kappa shape index (κ2) is 4.36. The summed E-state index contributed by atoms with van der Waals surface area (Å²) in [5, 5.41) is -0.285. The molecule has 0 atom stereocenters. The highest BCUT2D eigenvalue weighted by atomic mass is 79.9. The van der Waals surface area contributed by atoms with Gasteiger partial charge in [0.25, 0.3) is 0 Å². The monoisotopic (exact) mass is 332 g/mol. The summed E-state index contributed by atoms with van der Waals surface area (Å²) in [6.07, 6.45) is 2.56. The number of aromatic nitrogens is 2. The second-order valence-corrected chi connectivity index (χ2v) is 6.45. The fourth-order valence-corrected chi connectivity index (χ4v) is 2.67. The van der Waals surface area contributed by atoms with Crippen LogP contribution in [0.2, 0.25) is 0 Å². The summed E-state index contributed by atoms with van der Waals surface area (Å²) in [6, 6.07) is 3.31. The second-order valence-electron chi connectivity index (χ2n) is 3.60. The van der Waals surface area contributed by atoms with Gasteiger partial charge in [-0.25, -0.2) is 18.2 Å². The Bertz CT molecular complexity index is 736. The zero-order valence-corrected chi connectivity index (χ0v) is 11.9. The van der Waals surface area contributed by atoms with Crippen LogP contribution >= 0.6 is 15.9 Å². The molecule has 0 aliphatic heterocycles. The van der Waals surface area contributed by atoms with Gasteiger partial charge in [-0.15, -0.1) is 0 Å². The van der Waals surface area contributed by atoms with E-state index in [1.165, 1.54) is 11.5 Å². The lowest BCUT2D eigenvalue weighted by atomic mass is 10.4. The molecule has 0 amide bonds. The number of halogens is 1. The van der Waals surface area contributed by atoms with E-state index < -0.39 is 15.8 Å². The van der Waals surface area contributed by atoms with E-state index in [9.17, 15) is 13.2 Å². The van der Waals surface area contributed by atoms with Crippen LogP contribution < -0.4 is 0 Å². The summed E-state index contributed by atoms with van der Waals surface area (Å²) >= 11 is 3.25. The van der Waals surface area contributed by atoms with Crippen LogP contribution in [0.4, 0.5) is 0 Å². The molecule has 0 aliphatic rings. The molecule has 18 heavy (non-hydrogen) atoms. The highest BCUT2D eigenvalue weighted by molar-refractivity contribution is 9.10. The number of rotatable bonds is 2. The van der Waals surface area contributed by atoms with Crippen molar-refractivity contribution in [1.29, 1.82) is 0 Å². The average molecular weight is 333 g/mol. The molecule has 2 heterocycles. The Morgan fingerprint density at radius 3 is 2.67 bits per heavy atom. The lowest BCUT2D eigenvalue weighted by Crippen LogP contribution is -2.11. The van der Waals surface area contributed by atoms with Crippen LogP contribution in [-0.4, -0.2) is 37.1 Å². The number of esters is 1. The fourth-order valence-electron chi connectivity index (χ4n) is 1.54. The summed E-state index contributed by atoms with van der Waals surface area (Å²) in [4.78, 5) is 15.7. The van der Waals surface area contributed by atoms with Gasteiger partial charge < -0.3 is 4.74 Å². The Morgan fingerprint density at radius 2 is 2.11 bits per heavy atom. The predicted molar refractivity (Wildman–Crippen MR) is 67.3 cm³/mol. The molecule has 0 unspecified atom stereocenters. The first-order valence-corrected chi connectivity index (χ1v) is 7.49. The van der Waals surface area contributed by atoms with Crippen molar-refractivity contribution in [1.82, 2.24) is 9.38 Å². The van der Waals surface area contributed by atoms with Crippen molar-refractivity contribution in [2.75, 3.05) is 13.4 Å². The van der Waals surface area contributed by atoms with Crippen LogP contribution in [0, 0.1) is 0 Å². The molecule has 96 valence electrons. The number of imidazole rings is 1. The Morgan fingerprint density at radius 1 is 1.44 bits per heavy atom. The molecule has 0 bridgehead atoms. The third-order valence-corrected chi connectivity index (χ3v) is 3.74. The lowest BCUT2D eigenvalue weighted by molar-refractivity contribution is 0.0588. The first kappa shape index (κ1) is 13.0. The highest BCUT2D eigenvalue weighted by Crippen LogP contribution is 2.21. The number of hydrogen-bond donors (Lipinski definition) is 0.